The Bertz CT molecular complexity index is 1100. The summed E-state index contributed by atoms with van der Waals surface area (Å²) in [7, 11) is 0. The first-order chi connectivity index (χ1) is 15.5. The van der Waals surface area contributed by atoms with Gasteiger partial charge in [0.05, 0.1) is 12.2 Å². The lowest BCUT2D eigenvalue weighted by Crippen LogP contribution is -2.30. The van der Waals surface area contributed by atoms with Crippen molar-refractivity contribution in [2.24, 2.45) is 0 Å². The zero-order valence-corrected chi connectivity index (χ0v) is 19.4. The van der Waals surface area contributed by atoms with Crippen LogP contribution in [-0.2, 0) is 24.2 Å². The summed E-state index contributed by atoms with van der Waals surface area (Å²) in [4.78, 5) is 29.3. The van der Waals surface area contributed by atoms with Crippen LogP contribution in [0.1, 0.15) is 63.7 Å². The number of thiophene rings is 1. The Morgan fingerprint density at radius 1 is 1.22 bits per heavy atom. The Morgan fingerprint density at radius 2 is 2.00 bits per heavy atom. The van der Waals surface area contributed by atoms with Crippen molar-refractivity contribution in [1.29, 1.82) is 0 Å². The molecule has 0 saturated heterocycles. The number of nitrogens with one attached hydrogen (secondary N) is 1. The van der Waals surface area contributed by atoms with Gasteiger partial charge in [-0.15, -0.1) is 11.3 Å². The van der Waals surface area contributed by atoms with E-state index in [4.69, 9.17) is 4.74 Å². The molecule has 1 N–H and O–H groups in total. The minimum absolute atomic E-state index is 0.0540. The lowest BCUT2D eigenvalue weighted by atomic mass is 10.0. The van der Waals surface area contributed by atoms with Crippen LogP contribution in [-0.4, -0.2) is 39.7 Å². The van der Waals surface area contributed by atoms with Crippen LogP contribution in [0.15, 0.2) is 42.6 Å². The van der Waals surface area contributed by atoms with Crippen molar-refractivity contribution < 1.29 is 14.3 Å². The fourth-order valence-corrected chi connectivity index (χ4v) is 5.29. The second-order valence-corrected chi connectivity index (χ2v) is 9.19. The third-order valence-electron chi connectivity index (χ3n) is 5.48. The number of hydrogen-bond donors (Lipinski definition) is 1. The molecule has 0 atom stereocenters. The van der Waals surface area contributed by atoms with Gasteiger partial charge in [0.15, 0.2) is 0 Å². The molecule has 168 valence electrons. The Labute approximate surface area is 192 Å². The molecule has 0 bridgehead atoms. The van der Waals surface area contributed by atoms with Gasteiger partial charge in [0.2, 0.25) is 0 Å². The zero-order chi connectivity index (χ0) is 22.7. The summed E-state index contributed by atoms with van der Waals surface area (Å²) in [6.07, 6.45) is 2.36. The summed E-state index contributed by atoms with van der Waals surface area (Å²) in [5.41, 5.74) is 3.21. The van der Waals surface area contributed by atoms with Gasteiger partial charge in [0, 0.05) is 36.8 Å². The Hall–Kier alpha value is -2.97. The highest BCUT2D eigenvalue weighted by Crippen LogP contribution is 2.38. The Morgan fingerprint density at radius 3 is 2.72 bits per heavy atom. The van der Waals surface area contributed by atoms with Crippen LogP contribution in [0.4, 0.5) is 5.00 Å². The lowest BCUT2D eigenvalue weighted by Gasteiger charge is -2.27. The van der Waals surface area contributed by atoms with Gasteiger partial charge in [-0.2, -0.15) is 5.10 Å². The van der Waals surface area contributed by atoms with E-state index in [1.165, 1.54) is 16.9 Å². The molecule has 0 aliphatic carbocycles. The summed E-state index contributed by atoms with van der Waals surface area (Å²) in [6.45, 7) is 8.45. The molecule has 1 aliphatic rings. The molecule has 8 heteroatoms. The molecule has 0 saturated carbocycles. The van der Waals surface area contributed by atoms with Crippen LogP contribution in [0.25, 0.3) is 0 Å². The third kappa shape index (κ3) is 4.61. The lowest BCUT2D eigenvalue weighted by molar-refractivity contribution is 0.0526. The van der Waals surface area contributed by atoms with Crippen molar-refractivity contribution in [3.05, 3.63) is 69.9 Å². The van der Waals surface area contributed by atoms with Crippen molar-refractivity contribution in [2.75, 3.05) is 18.5 Å². The van der Waals surface area contributed by atoms with Gasteiger partial charge in [-0.3, -0.25) is 14.4 Å². The van der Waals surface area contributed by atoms with Crippen molar-refractivity contribution in [3.8, 4) is 0 Å². The highest BCUT2D eigenvalue weighted by molar-refractivity contribution is 7.17. The summed E-state index contributed by atoms with van der Waals surface area (Å²) >= 11 is 1.47. The van der Waals surface area contributed by atoms with Gasteiger partial charge < -0.3 is 10.1 Å². The molecule has 3 aromatic rings. The number of amides is 1. The van der Waals surface area contributed by atoms with Crippen LogP contribution in [0, 0.1) is 0 Å². The van der Waals surface area contributed by atoms with Crippen LogP contribution < -0.4 is 5.32 Å². The molecule has 0 spiro atoms. The number of benzene rings is 1. The van der Waals surface area contributed by atoms with E-state index in [0.717, 1.165) is 36.5 Å². The molecular weight excluding hydrogens is 424 g/mol. The molecule has 7 nitrogen and oxygen atoms in total. The second-order valence-electron chi connectivity index (χ2n) is 8.08. The molecule has 0 radical (unpaired) electrons. The minimum Gasteiger partial charge on any atom is -0.462 e. The van der Waals surface area contributed by atoms with E-state index in [1.54, 1.807) is 23.9 Å². The molecular formula is C24H28N4O3S. The Balaban J connectivity index is 1.60. The maximum Gasteiger partial charge on any atom is 0.341 e. The molecule has 4 rings (SSSR count). The zero-order valence-electron chi connectivity index (χ0n) is 18.6. The number of ether oxygens (including phenoxy) is 1. The Kier molecular flexibility index (Phi) is 6.72. The number of nitrogens with zero attached hydrogens (tertiary/aromatic N) is 3. The first kappa shape index (κ1) is 22.2. The van der Waals surface area contributed by atoms with Gasteiger partial charge in [-0.05, 0) is 44.4 Å². The van der Waals surface area contributed by atoms with Crippen molar-refractivity contribution in [3.63, 3.8) is 0 Å². The second kappa shape index (κ2) is 9.67. The molecule has 3 heterocycles. The fourth-order valence-electron chi connectivity index (χ4n) is 4.01. The quantitative estimate of drug-likeness (QED) is 0.534. The number of aromatic nitrogens is 2. The van der Waals surface area contributed by atoms with Gasteiger partial charge in [-0.1, -0.05) is 30.3 Å². The molecule has 1 aliphatic heterocycles. The molecule has 0 fully saturated rings. The molecule has 1 aromatic carbocycles. The van der Waals surface area contributed by atoms with E-state index in [1.807, 2.05) is 32.0 Å². The van der Waals surface area contributed by atoms with E-state index >= 15 is 0 Å². The molecule has 0 unspecified atom stereocenters. The van der Waals surface area contributed by atoms with E-state index < -0.39 is 0 Å². The first-order valence-corrected chi connectivity index (χ1v) is 11.7. The standard InChI is InChI=1S/C24H28N4O3S/c1-4-31-24(30)21-18-11-13-27(14-17-8-6-5-7-9-17)15-20(18)32-23(21)26-22(29)19-10-12-25-28(19)16(2)3/h5-10,12,16H,4,11,13-15H2,1-3H3,(H,26,29). The summed E-state index contributed by atoms with van der Waals surface area (Å²) in [5, 5.41) is 7.76. The van der Waals surface area contributed by atoms with Crippen molar-refractivity contribution in [1.82, 2.24) is 14.7 Å². The van der Waals surface area contributed by atoms with E-state index in [2.05, 4.69) is 27.4 Å². The first-order valence-electron chi connectivity index (χ1n) is 10.9. The van der Waals surface area contributed by atoms with Gasteiger partial charge in [0.25, 0.3) is 5.91 Å². The van der Waals surface area contributed by atoms with Crippen molar-refractivity contribution >= 4 is 28.2 Å². The molecule has 32 heavy (non-hydrogen) atoms. The van der Waals surface area contributed by atoms with E-state index in [-0.39, 0.29) is 24.5 Å². The van der Waals surface area contributed by atoms with Crippen LogP contribution in [0.3, 0.4) is 0 Å². The van der Waals surface area contributed by atoms with E-state index in [9.17, 15) is 9.59 Å². The van der Waals surface area contributed by atoms with Crippen LogP contribution >= 0.6 is 11.3 Å². The normalized spacial score (nSPS) is 13.8. The van der Waals surface area contributed by atoms with Crippen LogP contribution in [0.2, 0.25) is 0 Å². The highest BCUT2D eigenvalue weighted by atomic mass is 32.1. The summed E-state index contributed by atoms with van der Waals surface area (Å²) < 4.78 is 7.01. The largest absolute Gasteiger partial charge is 0.462 e. The predicted octanol–water partition coefficient (Wildman–Crippen LogP) is 4.51. The van der Waals surface area contributed by atoms with Crippen molar-refractivity contribution in [2.45, 2.75) is 46.3 Å². The number of carbonyl (C=O) groups excluding carboxylic acids is 2. The SMILES string of the molecule is CCOC(=O)c1c(NC(=O)c2ccnn2C(C)C)sc2c1CCN(Cc1ccccc1)C2. The van der Waals surface area contributed by atoms with Gasteiger partial charge in [0.1, 0.15) is 10.7 Å². The predicted molar refractivity (Wildman–Crippen MR) is 125 cm³/mol. The maximum atomic E-state index is 13.0. The third-order valence-corrected chi connectivity index (χ3v) is 6.62. The number of hydrogen-bond acceptors (Lipinski definition) is 6. The fraction of sp³-hybridized carbons (Fsp3) is 0.375. The number of fused-ring (bicyclic) bond motifs is 1. The molecule has 1 amide bonds. The molecule has 2 aromatic heterocycles. The van der Waals surface area contributed by atoms with Crippen LogP contribution in [0.5, 0.6) is 0 Å². The summed E-state index contributed by atoms with van der Waals surface area (Å²) in [5.74, 6) is -0.657. The number of esters is 1. The highest BCUT2D eigenvalue weighted by Gasteiger charge is 2.30. The number of anilines is 1. The maximum absolute atomic E-state index is 13.0. The number of carbonyl (C=O) groups is 2. The monoisotopic (exact) mass is 452 g/mol. The minimum atomic E-state index is -0.380. The van der Waals surface area contributed by atoms with Gasteiger partial charge in [-0.25, -0.2) is 4.79 Å². The topological polar surface area (TPSA) is 76.5 Å². The van der Waals surface area contributed by atoms with E-state index in [0.29, 0.717) is 16.3 Å². The number of rotatable bonds is 7. The average molecular weight is 453 g/mol. The van der Waals surface area contributed by atoms with Gasteiger partial charge >= 0.3 is 5.97 Å². The summed E-state index contributed by atoms with van der Waals surface area (Å²) in [6, 6.07) is 12.1. The average Bonchev–Trinajstić information content (AvgIpc) is 3.39. The smallest absolute Gasteiger partial charge is 0.341 e.